The lowest BCUT2D eigenvalue weighted by atomic mass is 10.1. The van der Waals surface area contributed by atoms with E-state index in [1.165, 1.54) is 25.3 Å². The lowest BCUT2D eigenvalue weighted by molar-refractivity contribution is 0.235. The second kappa shape index (κ2) is 8.65. The lowest BCUT2D eigenvalue weighted by Crippen LogP contribution is -2.48. The fourth-order valence-corrected chi connectivity index (χ4v) is 3.96. The maximum Gasteiger partial charge on any atom is 0.257 e. The van der Waals surface area contributed by atoms with Crippen LogP contribution in [0.2, 0.25) is 0 Å². The molecule has 4 rings (SSSR count). The second-order valence-corrected chi connectivity index (χ2v) is 7.48. The van der Waals surface area contributed by atoms with Crippen LogP contribution < -0.4 is 20.9 Å². The third-order valence-corrected chi connectivity index (χ3v) is 5.41. The van der Waals surface area contributed by atoms with Gasteiger partial charge in [0.15, 0.2) is 5.96 Å². The Balaban J connectivity index is 1.63. The summed E-state index contributed by atoms with van der Waals surface area (Å²) in [6, 6.07) is 9.21. The molecule has 0 spiro atoms. The highest BCUT2D eigenvalue weighted by Gasteiger charge is 2.28. The van der Waals surface area contributed by atoms with Crippen LogP contribution in [0.15, 0.2) is 40.1 Å². The molecule has 2 aliphatic rings. The normalized spacial score (nSPS) is 20.6. The van der Waals surface area contributed by atoms with Crippen LogP contribution in [0.4, 0.5) is 5.95 Å². The average molecular weight is 396 g/mol. The quantitative estimate of drug-likeness (QED) is 0.804. The molecule has 8 heteroatoms. The van der Waals surface area contributed by atoms with Gasteiger partial charge in [-0.25, -0.2) is 4.98 Å². The zero-order valence-corrected chi connectivity index (χ0v) is 17.0. The predicted octanol–water partition coefficient (Wildman–Crippen LogP) is 1.96. The first-order valence-electron chi connectivity index (χ1n) is 10.2. The minimum absolute atomic E-state index is 0.129. The molecule has 1 saturated heterocycles. The highest BCUT2D eigenvalue weighted by atomic mass is 16.5. The van der Waals surface area contributed by atoms with Gasteiger partial charge in [0.1, 0.15) is 11.9 Å². The van der Waals surface area contributed by atoms with E-state index in [-0.39, 0.29) is 5.56 Å². The maximum absolute atomic E-state index is 12.8. The number of methoxy groups -OCH3 is 1. The number of hydrogen-bond donors (Lipinski definition) is 2. The number of fused-ring (bicyclic) bond motifs is 1. The number of para-hydroxylation sites is 1. The number of likely N-dealkylation sites (tertiary alicyclic amines) is 1. The third kappa shape index (κ3) is 4.27. The summed E-state index contributed by atoms with van der Waals surface area (Å²) in [5.74, 6) is 1.81. The average Bonchev–Trinajstić information content (AvgIpc) is 2.73. The van der Waals surface area contributed by atoms with Crippen molar-refractivity contribution in [3.05, 3.63) is 51.9 Å². The molecule has 1 aromatic heterocycles. The van der Waals surface area contributed by atoms with Gasteiger partial charge in [0, 0.05) is 23.9 Å². The molecule has 0 bridgehead atoms. The van der Waals surface area contributed by atoms with Gasteiger partial charge in [0.25, 0.3) is 5.56 Å². The number of piperidine rings is 1. The van der Waals surface area contributed by atoms with E-state index in [0.717, 1.165) is 25.2 Å². The predicted molar refractivity (Wildman–Crippen MR) is 114 cm³/mol. The Morgan fingerprint density at radius 1 is 1.24 bits per heavy atom. The molecule has 1 atom stereocenters. The highest BCUT2D eigenvalue weighted by molar-refractivity contribution is 5.93. The molecule has 0 aliphatic carbocycles. The van der Waals surface area contributed by atoms with Crippen LogP contribution in [0.5, 0.6) is 5.75 Å². The van der Waals surface area contributed by atoms with Crippen molar-refractivity contribution in [2.45, 2.75) is 32.4 Å². The van der Waals surface area contributed by atoms with Crippen LogP contribution in [0, 0.1) is 6.92 Å². The van der Waals surface area contributed by atoms with Gasteiger partial charge in [-0.15, -0.1) is 0 Å². The molecule has 2 aromatic rings. The van der Waals surface area contributed by atoms with Crippen molar-refractivity contribution in [1.82, 2.24) is 19.8 Å². The van der Waals surface area contributed by atoms with Gasteiger partial charge < -0.3 is 15.0 Å². The van der Waals surface area contributed by atoms with Crippen LogP contribution in [0.25, 0.3) is 0 Å². The van der Waals surface area contributed by atoms with E-state index in [0.29, 0.717) is 29.9 Å². The van der Waals surface area contributed by atoms with Crippen molar-refractivity contribution in [1.29, 1.82) is 0 Å². The number of rotatable bonds is 5. The van der Waals surface area contributed by atoms with Crippen LogP contribution in [-0.2, 0) is 0 Å². The second-order valence-electron chi connectivity index (χ2n) is 7.48. The van der Waals surface area contributed by atoms with E-state index in [9.17, 15) is 4.79 Å². The van der Waals surface area contributed by atoms with Crippen molar-refractivity contribution in [3.63, 3.8) is 0 Å². The molecule has 0 radical (unpaired) electrons. The molecule has 2 N–H and O–H groups in total. The summed E-state index contributed by atoms with van der Waals surface area (Å²) in [4.78, 5) is 24.5. The molecule has 0 saturated carbocycles. The smallest absolute Gasteiger partial charge is 0.257 e. The third-order valence-electron chi connectivity index (χ3n) is 5.41. The first kappa shape index (κ1) is 19.4. The van der Waals surface area contributed by atoms with Crippen LogP contribution in [0.3, 0.4) is 0 Å². The Morgan fingerprint density at radius 3 is 2.83 bits per heavy atom. The lowest BCUT2D eigenvalue weighted by Gasteiger charge is -2.32. The molecular formula is C21H28N6O2. The Morgan fingerprint density at radius 2 is 2.03 bits per heavy atom. The minimum atomic E-state index is -0.447. The largest absolute Gasteiger partial charge is 0.496 e. The standard InChI is InChI=1S/C21H28N6O2/c1-15-14-18(28)27-19(16-8-4-5-9-17(16)29-2)24-20(25-21(27)23-15)22-10-13-26-11-6-3-7-12-26/h4-5,8-9,14,19H,3,6-7,10-13H2,1-2H3,(H2,22,23,24,25)/t19-/m0/s1. The van der Waals surface area contributed by atoms with Crippen LogP contribution in [0.1, 0.15) is 36.7 Å². The Bertz CT molecular complexity index is 948. The summed E-state index contributed by atoms with van der Waals surface area (Å²) < 4.78 is 7.14. The molecule has 29 heavy (non-hydrogen) atoms. The van der Waals surface area contributed by atoms with Crippen molar-refractivity contribution < 1.29 is 4.74 Å². The number of nitrogens with one attached hydrogen (secondary N) is 2. The molecule has 154 valence electrons. The monoisotopic (exact) mass is 396 g/mol. The number of anilines is 1. The number of hydrogen-bond acceptors (Lipinski definition) is 5. The summed E-state index contributed by atoms with van der Waals surface area (Å²) in [7, 11) is 1.63. The van der Waals surface area contributed by atoms with E-state index in [2.05, 4.69) is 20.5 Å². The van der Waals surface area contributed by atoms with Gasteiger partial charge in [-0.2, -0.15) is 0 Å². The van der Waals surface area contributed by atoms with Gasteiger partial charge in [-0.1, -0.05) is 24.6 Å². The molecule has 1 aromatic carbocycles. The summed E-state index contributed by atoms with van der Waals surface area (Å²) in [5, 5.41) is 6.55. The fraction of sp³-hybridized carbons (Fsp3) is 0.476. The molecule has 8 nitrogen and oxygen atoms in total. The number of aryl methyl sites for hydroxylation is 1. The fourth-order valence-electron chi connectivity index (χ4n) is 3.96. The number of ether oxygens (including phenoxy) is 1. The number of benzene rings is 1. The van der Waals surface area contributed by atoms with Crippen molar-refractivity contribution in [3.8, 4) is 5.75 Å². The zero-order valence-electron chi connectivity index (χ0n) is 17.0. The van der Waals surface area contributed by atoms with E-state index < -0.39 is 6.17 Å². The van der Waals surface area contributed by atoms with Crippen molar-refractivity contribution in [2.24, 2.45) is 4.99 Å². The first-order chi connectivity index (χ1) is 14.2. The summed E-state index contributed by atoms with van der Waals surface area (Å²) in [6.07, 6.45) is 3.41. The summed E-state index contributed by atoms with van der Waals surface area (Å²) >= 11 is 0. The van der Waals surface area contributed by atoms with Gasteiger partial charge >= 0.3 is 0 Å². The van der Waals surface area contributed by atoms with Gasteiger partial charge in [-0.3, -0.25) is 19.7 Å². The number of aromatic nitrogens is 2. The van der Waals surface area contributed by atoms with Crippen molar-refractivity contribution >= 4 is 11.9 Å². The van der Waals surface area contributed by atoms with Crippen molar-refractivity contribution in [2.75, 3.05) is 38.6 Å². The summed E-state index contributed by atoms with van der Waals surface area (Å²) in [5.41, 5.74) is 1.40. The van der Waals surface area contributed by atoms with E-state index in [1.807, 2.05) is 31.2 Å². The topological polar surface area (TPSA) is 83.8 Å². The number of aliphatic imine (C=N–C) groups is 1. The molecule has 0 unspecified atom stereocenters. The Labute approximate surface area is 170 Å². The first-order valence-corrected chi connectivity index (χ1v) is 10.2. The minimum Gasteiger partial charge on any atom is -0.496 e. The van der Waals surface area contributed by atoms with Gasteiger partial charge in [-0.05, 0) is 38.9 Å². The molecular weight excluding hydrogens is 368 g/mol. The molecule has 0 amide bonds. The molecule has 2 aliphatic heterocycles. The maximum atomic E-state index is 12.8. The molecule has 1 fully saturated rings. The van der Waals surface area contributed by atoms with E-state index >= 15 is 0 Å². The highest BCUT2D eigenvalue weighted by Crippen LogP contribution is 2.28. The number of nitrogens with zero attached hydrogens (tertiary/aromatic N) is 4. The Hall–Kier alpha value is -2.87. The SMILES string of the molecule is COc1ccccc1[C@H]1NC(=NCCN2CCCCC2)Nc2nc(C)cc(=O)n21. The van der Waals surface area contributed by atoms with E-state index in [1.54, 1.807) is 11.7 Å². The molecule has 3 heterocycles. The van der Waals surface area contributed by atoms with Gasteiger partial charge in [0.2, 0.25) is 5.95 Å². The summed E-state index contributed by atoms with van der Waals surface area (Å²) in [6.45, 7) is 5.73. The Kier molecular flexibility index (Phi) is 5.80. The number of guanidine groups is 1. The zero-order chi connectivity index (χ0) is 20.2. The van der Waals surface area contributed by atoms with Crippen LogP contribution in [-0.4, -0.2) is 53.7 Å². The van der Waals surface area contributed by atoms with E-state index in [4.69, 9.17) is 9.73 Å². The van der Waals surface area contributed by atoms with Gasteiger partial charge in [0.05, 0.1) is 13.7 Å². The van der Waals surface area contributed by atoms with Crippen LogP contribution >= 0.6 is 0 Å².